The summed E-state index contributed by atoms with van der Waals surface area (Å²) in [6.45, 7) is 4.00. The Morgan fingerprint density at radius 1 is 1.25 bits per heavy atom. The molecular formula is C26H26FN5O4. The minimum absolute atomic E-state index is 0.0710. The number of aryl methyl sites for hydroxylation is 1. The van der Waals surface area contributed by atoms with Gasteiger partial charge < -0.3 is 25.6 Å². The second kappa shape index (κ2) is 9.82. The zero-order valence-electron chi connectivity index (χ0n) is 19.7. The SMILES string of the molecule is Cc1cc(-c2cnc3c(NCC4CCOCC4)cc(Oc4ccc(O)cc4F)nn23)ccc1C(N)=O. The highest BCUT2D eigenvalue weighted by Crippen LogP contribution is 2.32. The minimum atomic E-state index is -0.711. The summed E-state index contributed by atoms with van der Waals surface area (Å²) in [7, 11) is 0. The van der Waals surface area contributed by atoms with Crippen LogP contribution in [-0.2, 0) is 4.74 Å². The molecule has 4 aromatic rings. The van der Waals surface area contributed by atoms with Gasteiger partial charge in [-0.15, -0.1) is 5.10 Å². The van der Waals surface area contributed by atoms with Crippen LogP contribution in [-0.4, -0.2) is 45.4 Å². The van der Waals surface area contributed by atoms with E-state index in [-0.39, 0.29) is 17.4 Å². The number of halogens is 1. The number of nitrogens with zero attached hydrogens (tertiary/aromatic N) is 3. The van der Waals surface area contributed by atoms with Gasteiger partial charge in [0.05, 0.1) is 17.6 Å². The molecule has 0 atom stereocenters. The lowest BCUT2D eigenvalue weighted by Crippen LogP contribution is -2.23. The van der Waals surface area contributed by atoms with Gasteiger partial charge in [-0.3, -0.25) is 4.79 Å². The molecule has 1 aliphatic rings. The van der Waals surface area contributed by atoms with Crippen LogP contribution in [0, 0.1) is 18.7 Å². The third kappa shape index (κ3) is 4.80. The first kappa shape index (κ1) is 23.6. The van der Waals surface area contributed by atoms with E-state index in [1.54, 1.807) is 28.9 Å². The van der Waals surface area contributed by atoms with Gasteiger partial charge in [0.25, 0.3) is 0 Å². The number of phenols is 1. The molecule has 3 heterocycles. The van der Waals surface area contributed by atoms with Gasteiger partial charge in [-0.1, -0.05) is 6.07 Å². The molecule has 1 saturated heterocycles. The lowest BCUT2D eigenvalue weighted by Gasteiger charge is -2.22. The van der Waals surface area contributed by atoms with Crippen molar-refractivity contribution in [2.24, 2.45) is 11.7 Å². The van der Waals surface area contributed by atoms with Gasteiger partial charge in [0.15, 0.2) is 17.2 Å². The number of ether oxygens (including phenoxy) is 2. The highest BCUT2D eigenvalue weighted by Gasteiger charge is 2.19. The summed E-state index contributed by atoms with van der Waals surface area (Å²) in [5.74, 6) is -0.888. The molecule has 2 aromatic carbocycles. The van der Waals surface area contributed by atoms with E-state index in [1.165, 1.54) is 12.1 Å². The first-order chi connectivity index (χ1) is 17.4. The molecule has 10 heteroatoms. The zero-order valence-corrected chi connectivity index (χ0v) is 19.7. The predicted molar refractivity (Wildman–Crippen MR) is 132 cm³/mol. The van der Waals surface area contributed by atoms with Crippen molar-refractivity contribution in [1.29, 1.82) is 0 Å². The third-order valence-corrected chi connectivity index (χ3v) is 6.28. The Bertz CT molecular complexity index is 1430. The fraction of sp³-hybridized carbons (Fsp3) is 0.269. The number of rotatable bonds is 7. The van der Waals surface area contributed by atoms with Gasteiger partial charge in [-0.25, -0.2) is 13.9 Å². The molecule has 1 aliphatic heterocycles. The van der Waals surface area contributed by atoms with Gasteiger partial charge in [0, 0.05) is 43.0 Å². The number of hydrogen-bond donors (Lipinski definition) is 3. The molecule has 2 aromatic heterocycles. The standard InChI is InChI=1S/C26H26FN5O4/c1-15-10-17(2-4-19(15)25(28)34)22-14-30-26-21(29-13-16-6-8-35-9-7-16)12-24(31-32(22)26)36-23-5-3-18(33)11-20(23)27/h2-5,10-12,14,16,29,33H,6-9,13H2,1H3,(H2,28,34). The fourth-order valence-electron chi connectivity index (χ4n) is 4.31. The van der Waals surface area contributed by atoms with Crippen molar-refractivity contribution < 1.29 is 23.8 Å². The van der Waals surface area contributed by atoms with Crippen molar-refractivity contribution in [2.75, 3.05) is 25.1 Å². The third-order valence-electron chi connectivity index (χ3n) is 6.28. The molecule has 0 radical (unpaired) electrons. The second-order valence-electron chi connectivity index (χ2n) is 8.82. The first-order valence-electron chi connectivity index (χ1n) is 11.7. The number of carbonyl (C=O) groups is 1. The lowest BCUT2D eigenvalue weighted by molar-refractivity contribution is 0.0699. The van der Waals surface area contributed by atoms with E-state index in [0.717, 1.165) is 43.2 Å². The summed E-state index contributed by atoms with van der Waals surface area (Å²) in [6.07, 6.45) is 3.61. The predicted octanol–water partition coefficient (Wildman–Crippen LogP) is 4.28. The number of anilines is 1. The van der Waals surface area contributed by atoms with E-state index in [4.69, 9.17) is 15.2 Å². The monoisotopic (exact) mass is 491 g/mol. The van der Waals surface area contributed by atoms with Crippen LogP contribution in [0.1, 0.15) is 28.8 Å². The molecule has 0 bridgehead atoms. The number of aromatic hydroxyl groups is 1. The number of nitrogens with one attached hydrogen (secondary N) is 1. The Morgan fingerprint density at radius 2 is 2.06 bits per heavy atom. The number of aromatic nitrogens is 3. The maximum atomic E-state index is 14.4. The maximum Gasteiger partial charge on any atom is 0.248 e. The Morgan fingerprint density at radius 3 is 2.78 bits per heavy atom. The molecule has 1 amide bonds. The summed E-state index contributed by atoms with van der Waals surface area (Å²) in [6, 6.07) is 10.6. The summed E-state index contributed by atoms with van der Waals surface area (Å²) in [4.78, 5) is 16.2. The Hall–Kier alpha value is -4.18. The highest BCUT2D eigenvalue weighted by molar-refractivity contribution is 5.94. The number of imidazole rings is 1. The molecule has 0 unspecified atom stereocenters. The minimum Gasteiger partial charge on any atom is -0.508 e. The number of carbonyl (C=O) groups excluding carboxylic acids is 1. The van der Waals surface area contributed by atoms with Crippen molar-refractivity contribution in [3.05, 3.63) is 65.6 Å². The molecule has 0 saturated carbocycles. The van der Waals surface area contributed by atoms with E-state index in [1.807, 2.05) is 13.0 Å². The van der Waals surface area contributed by atoms with E-state index in [2.05, 4.69) is 15.4 Å². The van der Waals surface area contributed by atoms with Crippen LogP contribution in [0.25, 0.3) is 16.9 Å². The van der Waals surface area contributed by atoms with Gasteiger partial charge in [-0.05, 0) is 55.5 Å². The number of benzene rings is 2. The van der Waals surface area contributed by atoms with Crippen LogP contribution in [0.2, 0.25) is 0 Å². The van der Waals surface area contributed by atoms with Crippen molar-refractivity contribution in [3.63, 3.8) is 0 Å². The Balaban J connectivity index is 1.55. The summed E-state index contributed by atoms with van der Waals surface area (Å²) < 4.78 is 27.2. The second-order valence-corrected chi connectivity index (χ2v) is 8.82. The number of phenolic OH excluding ortho intramolecular Hbond substituents is 1. The Labute approximate surface area is 206 Å². The van der Waals surface area contributed by atoms with Crippen LogP contribution in [0.5, 0.6) is 17.4 Å². The molecular weight excluding hydrogens is 465 g/mol. The molecule has 186 valence electrons. The number of primary amides is 1. The maximum absolute atomic E-state index is 14.4. The molecule has 9 nitrogen and oxygen atoms in total. The summed E-state index contributed by atoms with van der Waals surface area (Å²) in [5, 5.41) is 17.5. The quantitative estimate of drug-likeness (QED) is 0.352. The molecule has 4 N–H and O–H groups in total. The topological polar surface area (TPSA) is 124 Å². The fourth-order valence-corrected chi connectivity index (χ4v) is 4.31. The van der Waals surface area contributed by atoms with Crippen LogP contribution in [0.4, 0.5) is 10.1 Å². The highest BCUT2D eigenvalue weighted by atomic mass is 19.1. The van der Waals surface area contributed by atoms with Crippen LogP contribution >= 0.6 is 0 Å². The van der Waals surface area contributed by atoms with Gasteiger partial charge in [0.2, 0.25) is 11.8 Å². The summed E-state index contributed by atoms with van der Waals surface area (Å²) in [5.41, 5.74) is 9.32. The van der Waals surface area contributed by atoms with Gasteiger partial charge >= 0.3 is 0 Å². The zero-order chi connectivity index (χ0) is 25.2. The largest absolute Gasteiger partial charge is 0.508 e. The number of amides is 1. The smallest absolute Gasteiger partial charge is 0.248 e. The van der Waals surface area contributed by atoms with Crippen LogP contribution in [0.3, 0.4) is 0 Å². The van der Waals surface area contributed by atoms with Crippen molar-refractivity contribution in [2.45, 2.75) is 19.8 Å². The summed E-state index contributed by atoms with van der Waals surface area (Å²) >= 11 is 0. The average Bonchev–Trinajstić information content (AvgIpc) is 3.29. The molecule has 0 spiro atoms. The molecule has 36 heavy (non-hydrogen) atoms. The number of hydrogen-bond acceptors (Lipinski definition) is 7. The average molecular weight is 492 g/mol. The van der Waals surface area contributed by atoms with E-state index >= 15 is 0 Å². The van der Waals surface area contributed by atoms with Crippen molar-refractivity contribution in [3.8, 4) is 28.6 Å². The van der Waals surface area contributed by atoms with Crippen molar-refractivity contribution >= 4 is 17.2 Å². The number of nitrogens with two attached hydrogens (primary N) is 1. The molecule has 5 rings (SSSR count). The van der Waals surface area contributed by atoms with Gasteiger partial charge in [-0.2, -0.15) is 0 Å². The van der Waals surface area contributed by atoms with E-state index in [0.29, 0.717) is 35.1 Å². The van der Waals surface area contributed by atoms with E-state index in [9.17, 15) is 14.3 Å². The van der Waals surface area contributed by atoms with Gasteiger partial charge in [0.1, 0.15) is 5.75 Å². The molecule has 0 aliphatic carbocycles. The van der Waals surface area contributed by atoms with Crippen LogP contribution < -0.4 is 15.8 Å². The molecule has 1 fully saturated rings. The van der Waals surface area contributed by atoms with Crippen molar-refractivity contribution in [1.82, 2.24) is 14.6 Å². The lowest BCUT2D eigenvalue weighted by atomic mass is 10.0. The number of fused-ring (bicyclic) bond motifs is 1. The normalized spacial score (nSPS) is 14.2. The first-order valence-corrected chi connectivity index (χ1v) is 11.7. The van der Waals surface area contributed by atoms with Crippen LogP contribution in [0.15, 0.2) is 48.7 Å². The van der Waals surface area contributed by atoms with E-state index < -0.39 is 11.7 Å². The Kier molecular flexibility index (Phi) is 6.43.